The van der Waals surface area contributed by atoms with Gasteiger partial charge in [-0.1, -0.05) is 6.07 Å². The maximum atomic E-state index is 13.1. The van der Waals surface area contributed by atoms with Crippen molar-refractivity contribution in [2.75, 3.05) is 10.6 Å². The van der Waals surface area contributed by atoms with Gasteiger partial charge in [0.2, 0.25) is 11.8 Å². The molecule has 0 bridgehead atoms. The van der Waals surface area contributed by atoms with Crippen molar-refractivity contribution in [1.82, 2.24) is 14.8 Å². The Morgan fingerprint density at radius 1 is 1.14 bits per heavy atom. The molecule has 0 radical (unpaired) electrons. The number of rotatable bonds is 7. The number of carbonyl (C=O) groups excluding carboxylic acids is 2. The highest BCUT2D eigenvalue weighted by Gasteiger charge is 2.15. The first kappa shape index (κ1) is 19.2. The van der Waals surface area contributed by atoms with Crippen LogP contribution in [0.1, 0.15) is 24.9 Å². The lowest BCUT2D eigenvalue weighted by atomic mass is 10.1. The van der Waals surface area contributed by atoms with Crippen LogP contribution < -0.4 is 10.6 Å². The van der Waals surface area contributed by atoms with Gasteiger partial charge in [0.05, 0.1) is 6.20 Å². The second-order valence-corrected chi connectivity index (χ2v) is 6.29. The summed E-state index contributed by atoms with van der Waals surface area (Å²) in [5, 5.41) is 9.64. The number of halogens is 1. The van der Waals surface area contributed by atoms with Crippen molar-refractivity contribution in [2.24, 2.45) is 0 Å². The highest BCUT2D eigenvalue weighted by Crippen LogP contribution is 2.17. The summed E-state index contributed by atoms with van der Waals surface area (Å²) >= 11 is 0. The Morgan fingerprint density at radius 2 is 1.93 bits per heavy atom. The summed E-state index contributed by atoms with van der Waals surface area (Å²) in [6.45, 7) is 1.75. The Balaban J connectivity index is 1.55. The van der Waals surface area contributed by atoms with E-state index in [4.69, 9.17) is 0 Å². The van der Waals surface area contributed by atoms with Crippen LogP contribution in [-0.4, -0.2) is 26.6 Å². The van der Waals surface area contributed by atoms with Crippen molar-refractivity contribution in [3.8, 4) is 0 Å². The predicted molar refractivity (Wildman–Crippen MR) is 103 cm³/mol. The van der Waals surface area contributed by atoms with Crippen LogP contribution in [0.15, 0.2) is 61.2 Å². The van der Waals surface area contributed by atoms with E-state index in [0.29, 0.717) is 23.4 Å². The molecule has 2 heterocycles. The molecule has 0 fully saturated rings. The number of hydrogen-bond acceptors (Lipinski definition) is 4. The normalized spacial score (nSPS) is 11.6. The Labute approximate surface area is 161 Å². The third-order valence-electron chi connectivity index (χ3n) is 4.12. The fraction of sp³-hybridized carbons (Fsp3) is 0.200. The number of anilines is 2. The molecule has 2 aromatic heterocycles. The zero-order chi connectivity index (χ0) is 19.9. The maximum Gasteiger partial charge on any atom is 0.248 e. The second kappa shape index (κ2) is 8.90. The minimum atomic E-state index is -0.465. The summed E-state index contributed by atoms with van der Waals surface area (Å²) < 4.78 is 14.7. The lowest BCUT2D eigenvalue weighted by molar-refractivity contribution is -0.119. The topological polar surface area (TPSA) is 88.9 Å². The van der Waals surface area contributed by atoms with Crippen molar-refractivity contribution < 1.29 is 14.0 Å². The maximum absolute atomic E-state index is 13.1. The molecule has 1 aromatic carbocycles. The van der Waals surface area contributed by atoms with Crippen molar-refractivity contribution in [2.45, 2.75) is 25.8 Å². The third kappa shape index (κ3) is 5.23. The molecule has 2 N–H and O–H groups in total. The van der Waals surface area contributed by atoms with Gasteiger partial charge in [-0.2, -0.15) is 5.10 Å². The van der Waals surface area contributed by atoms with Crippen LogP contribution >= 0.6 is 0 Å². The lowest BCUT2D eigenvalue weighted by Crippen LogP contribution is -2.24. The van der Waals surface area contributed by atoms with Gasteiger partial charge in [0.15, 0.2) is 0 Å². The fourth-order valence-corrected chi connectivity index (χ4v) is 2.63. The van der Waals surface area contributed by atoms with Crippen molar-refractivity contribution in [3.63, 3.8) is 0 Å². The van der Waals surface area contributed by atoms with E-state index in [9.17, 15) is 14.0 Å². The van der Waals surface area contributed by atoms with Gasteiger partial charge >= 0.3 is 0 Å². The zero-order valence-electron chi connectivity index (χ0n) is 15.3. The number of nitrogens with zero attached hydrogens (tertiary/aromatic N) is 3. The minimum Gasteiger partial charge on any atom is -0.326 e. The first-order valence-corrected chi connectivity index (χ1v) is 8.80. The van der Waals surface area contributed by atoms with E-state index in [1.165, 1.54) is 12.3 Å². The quantitative estimate of drug-likeness (QED) is 0.658. The van der Waals surface area contributed by atoms with Crippen LogP contribution in [0.4, 0.5) is 15.8 Å². The molecule has 3 rings (SSSR count). The molecule has 1 atom stereocenters. The van der Waals surface area contributed by atoms with Gasteiger partial charge < -0.3 is 10.6 Å². The van der Waals surface area contributed by atoms with Crippen LogP contribution in [0.25, 0.3) is 0 Å². The molecule has 0 aliphatic rings. The van der Waals surface area contributed by atoms with Crippen LogP contribution in [-0.2, 0) is 16.0 Å². The van der Waals surface area contributed by atoms with E-state index in [0.717, 1.165) is 6.20 Å². The van der Waals surface area contributed by atoms with Crippen LogP contribution in [0.5, 0.6) is 0 Å². The Hall–Kier alpha value is -3.55. The molecule has 8 heteroatoms. The molecule has 144 valence electrons. The van der Waals surface area contributed by atoms with Gasteiger partial charge in [0.25, 0.3) is 0 Å². The van der Waals surface area contributed by atoms with E-state index in [1.54, 1.807) is 54.3 Å². The SMILES string of the molecule is C[C@H](C(=O)Nc1cccc(NC(=O)CCc2cncc(F)c2)c1)n1cccn1. The van der Waals surface area contributed by atoms with Crippen molar-refractivity contribution in [1.29, 1.82) is 0 Å². The highest BCUT2D eigenvalue weighted by molar-refractivity contribution is 5.95. The molecular weight excluding hydrogens is 361 g/mol. The summed E-state index contributed by atoms with van der Waals surface area (Å²) in [4.78, 5) is 28.2. The first-order chi connectivity index (χ1) is 13.5. The van der Waals surface area contributed by atoms with Crippen LogP contribution in [0.2, 0.25) is 0 Å². The monoisotopic (exact) mass is 381 g/mol. The summed E-state index contributed by atoms with van der Waals surface area (Å²) in [5.74, 6) is -0.853. The van der Waals surface area contributed by atoms with E-state index in [2.05, 4.69) is 20.7 Å². The van der Waals surface area contributed by atoms with Gasteiger partial charge in [-0.05, 0) is 49.2 Å². The molecule has 7 nitrogen and oxygen atoms in total. The number of aromatic nitrogens is 3. The number of carbonyl (C=O) groups is 2. The number of nitrogens with one attached hydrogen (secondary N) is 2. The summed E-state index contributed by atoms with van der Waals surface area (Å²) in [5.41, 5.74) is 1.78. The van der Waals surface area contributed by atoms with Gasteiger partial charge in [-0.25, -0.2) is 4.39 Å². The molecule has 2 amide bonds. The lowest BCUT2D eigenvalue weighted by Gasteiger charge is -2.13. The van der Waals surface area contributed by atoms with Gasteiger partial charge in [-0.3, -0.25) is 19.3 Å². The fourth-order valence-electron chi connectivity index (χ4n) is 2.63. The van der Waals surface area contributed by atoms with E-state index >= 15 is 0 Å². The van der Waals surface area contributed by atoms with E-state index < -0.39 is 11.9 Å². The number of benzene rings is 1. The van der Waals surface area contributed by atoms with E-state index in [1.807, 2.05) is 0 Å². The molecule has 0 saturated heterocycles. The highest BCUT2D eigenvalue weighted by atomic mass is 19.1. The Morgan fingerprint density at radius 3 is 2.64 bits per heavy atom. The molecule has 0 saturated carbocycles. The zero-order valence-corrected chi connectivity index (χ0v) is 15.3. The average molecular weight is 381 g/mol. The average Bonchev–Trinajstić information content (AvgIpc) is 3.21. The Bertz CT molecular complexity index is 959. The van der Waals surface area contributed by atoms with Gasteiger partial charge in [0.1, 0.15) is 11.9 Å². The second-order valence-electron chi connectivity index (χ2n) is 6.29. The molecule has 0 spiro atoms. The Kier molecular flexibility index (Phi) is 6.11. The van der Waals surface area contributed by atoms with E-state index in [-0.39, 0.29) is 18.2 Å². The first-order valence-electron chi connectivity index (χ1n) is 8.80. The standard InChI is InChI=1S/C20H20FN5O2/c1-14(26-9-3-8-23-26)20(28)25-18-5-2-4-17(11-18)24-19(27)7-6-15-10-16(21)13-22-12-15/h2-5,8-14H,6-7H2,1H3,(H,24,27)(H,25,28)/t14-/m1/s1. The summed E-state index contributed by atoms with van der Waals surface area (Å²) in [6, 6.07) is 9.52. The molecule has 3 aromatic rings. The summed E-state index contributed by atoms with van der Waals surface area (Å²) in [7, 11) is 0. The molecule has 0 unspecified atom stereocenters. The largest absolute Gasteiger partial charge is 0.326 e. The molecular formula is C20H20FN5O2. The third-order valence-corrected chi connectivity index (χ3v) is 4.12. The summed E-state index contributed by atoms with van der Waals surface area (Å²) in [6.07, 6.45) is 6.56. The molecule has 0 aliphatic heterocycles. The van der Waals surface area contributed by atoms with Crippen LogP contribution in [0, 0.1) is 5.82 Å². The van der Waals surface area contributed by atoms with Crippen molar-refractivity contribution >= 4 is 23.2 Å². The minimum absolute atomic E-state index is 0.193. The number of amides is 2. The van der Waals surface area contributed by atoms with Crippen LogP contribution in [0.3, 0.4) is 0 Å². The van der Waals surface area contributed by atoms with Crippen molar-refractivity contribution in [3.05, 3.63) is 72.6 Å². The molecule has 28 heavy (non-hydrogen) atoms. The number of aryl methyl sites for hydroxylation is 1. The number of hydrogen-bond donors (Lipinski definition) is 2. The predicted octanol–water partition coefficient (Wildman–Crippen LogP) is 3.19. The van der Waals surface area contributed by atoms with Gasteiger partial charge in [-0.15, -0.1) is 0 Å². The number of pyridine rings is 1. The van der Waals surface area contributed by atoms with Gasteiger partial charge in [0, 0.05) is 36.4 Å². The molecule has 0 aliphatic carbocycles. The smallest absolute Gasteiger partial charge is 0.248 e.